The zero-order valence-corrected chi connectivity index (χ0v) is 12.5. The first-order valence-electron chi connectivity index (χ1n) is 7.48. The average molecular weight is 295 g/mol. The standard InChI is InChI=1S/C16H22FNOS/c17-13-4-5-14-12(10-13)2-1-3-15(14)18-11-16(19)6-8-20-9-7-16/h4-5,10,15,18-19H,1-3,6-9,11H2. The van der Waals surface area contributed by atoms with Gasteiger partial charge in [-0.2, -0.15) is 11.8 Å². The Morgan fingerprint density at radius 1 is 1.35 bits per heavy atom. The van der Waals surface area contributed by atoms with Crippen LogP contribution in [0, 0.1) is 5.82 Å². The Labute approximate surface area is 124 Å². The molecule has 4 heteroatoms. The average Bonchev–Trinajstić information content (AvgIpc) is 2.45. The van der Waals surface area contributed by atoms with Crippen molar-refractivity contribution in [3.05, 3.63) is 35.1 Å². The van der Waals surface area contributed by atoms with E-state index in [2.05, 4.69) is 5.32 Å². The molecule has 2 aliphatic rings. The highest BCUT2D eigenvalue weighted by Crippen LogP contribution is 2.32. The van der Waals surface area contributed by atoms with Crippen molar-refractivity contribution < 1.29 is 9.50 Å². The van der Waals surface area contributed by atoms with E-state index in [4.69, 9.17) is 0 Å². The minimum absolute atomic E-state index is 0.146. The molecule has 2 nitrogen and oxygen atoms in total. The fraction of sp³-hybridized carbons (Fsp3) is 0.625. The van der Waals surface area contributed by atoms with Crippen LogP contribution >= 0.6 is 11.8 Å². The molecule has 1 saturated heterocycles. The molecule has 0 aromatic heterocycles. The largest absolute Gasteiger partial charge is 0.389 e. The SMILES string of the molecule is OC1(CNC2CCCc3cc(F)ccc32)CCSCC1. The number of fused-ring (bicyclic) bond motifs is 1. The van der Waals surface area contributed by atoms with Crippen LogP contribution in [0.25, 0.3) is 0 Å². The predicted molar refractivity (Wildman–Crippen MR) is 81.6 cm³/mol. The van der Waals surface area contributed by atoms with Gasteiger partial charge in [-0.3, -0.25) is 0 Å². The van der Waals surface area contributed by atoms with Gasteiger partial charge >= 0.3 is 0 Å². The lowest BCUT2D eigenvalue weighted by Crippen LogP contribution is -2.45. The maximum atomic E-state index is 13.3. The van der Waals surface area contributed by atoms with E-state index < -0.39 is 5.60 Å². The Bertz CT molecular complexity index is 474. The third kappa shape index (κ3) is 3.18. The molecule has 3 rings (SSSR count). The van der Waals surface area contributed by atoms with Gasteiger partial charge < -0.3 is 10.4 Å². The van der Waals surface area contributed by atoms with Crippen molar-refractivity contribution in [3.63, 3.8) is 0 Å². The van der Waals surface area contributed by atoms with Crippen molar-refractivity contribution in [1.29, 1.82) is 0 Å². The molecule has 2 N–H and O–H groups in total. The molecule has 20 heavy (non-hydrogen) atoms. The summed E-state index contributed by atoms with van der Waals surface area (Å²) < 4.78 is 13.3. The molecule has 1 aliphatic heterocycles. The Morgan fingerprint density at radius 2 is 2.15 bits per heavy atom. The zero-order valence-electron chi connectivity index (χ0n) is 11.7. The van der Waals surface area contributed by atoms with Crippen LogP contribution in [0.2, 0.25) is 0 Å². The summed E-state index contributed by atoms with van der Waals surface area (Å²) in [7, 11) is 0. The Hall–Kier alpha value is -0.580. The molecule has 0 saturated carbocycles. The van der Waals surface area contributed by atoms with E-state index >= 15 is 0 Å². The highest BCUT2D eigenvalue weighted by atomic mass is 32.2. The van der Waals surface area contributed by atoms with Crippen molar-refractivity contribution in [2.45, 2.75) is 43.7 Å². The number of hydrogen-bond donors (Lipinski definition) is 2. The van der Waals surface area contributed by atoms with Gasteiger partial charge in [0.2, 0.25) is 0 Å². The molecule has 1 aromatic rings. The molecule has 1 aromatic carbocycles. The number of hydrogen-bond acceptors (Lipinski definition) is 3. The maximum absolute atomic E-state index is 13.3. The van der Waals surface area contributed by atoms with E-state index in [0.717, 1.165) is 49.2 Å². The molecule has 1 fully saturated rings. The first-order chi connectivity index (χ1) is 9.66. The van der Waals surface area contributed by atoms with Crippen LogP contribution in [0.4, 0.5) is 4.39 Å². The molecule has 0 bridgehead atoms. The Kier molecular flexibility index (Phi) is 4.34. The second-order valence-corrected chi connectivity index (χ2v) is 7.23. The Balaban J connectivity index is 1.67. The predicted octanol–water partition coefficient (Wildman–Crippen LogP) is 3.05. The second kappa shape index (κ2) is 6.04. The molecule has 1 atom stereocenters. The van der Waals surface area contributed by atoms with Gasteiger partial charge in [0.25, 0.3) is 0 Å². The van der Waals surface area contributed by atoms with Gasteiger partial charge in [0.1, 0.15) is 5.82 Å². The van der Waals surface area contributed by atoms with Crippen LogP contribution in [0.3, 0.4) is 0 Å². The quantitative estimate of drug-likeness (QED) is 0.899. The van der Waals surface area contributed by atoms with Crippen LogP contribution in [0.5, 0.6) is 0 Å². The molecule has 1 aliphatic carbocycles. The molecular formula is C16H22FNOS. The van der Waals surface area contributed by atoms with E-state index in [-0.39, 0.29) is 11.9 Å². The Morgan fingerprint density at radius 3 is 2.95 bits per heavy atom. The zero-order chi connectivity index (χ0) is 14.0. The van der Waals surface area contributed by atoms with Crippen LogP contribution in [0.1, 0.15) is 42.9 Å². The fourth-order valence-corrected chi connectivity index (χ4v) is 4.49. The van der Waals surface area contributed by atoms with Crippen molar-refractivity contribution in [1.82, 2.24) is 5.32 Å². The summed E-state index contributed by atoms with van der Waals surface area (Å²) in [6.07, 6.45) is 4.86. The second-order valence-electron chi connectivity index (χ2n) is 6.01. The van der Waals surface area contributed by atoms with Crippen molar-refractivity contribution in [2.24, 2.45) is 0 Å². The van der Waals surface area contributed by atoms with Crippen LogP contribution in [-0.4, -0.2) is 28.8 Å². The highest BCUT2D eigenvalue weighted by Gasteiger charge is 2.31. The lowest BCUT2D eigenvalue weighted by atomic mass is 9.87. The molecule has 1 unspecified atom stereocenters. The summed E-state index contributed by atoms with van der Waals surface area (Å²) >= 11 is 1.92. The molecule has 0 radical (unpaired) electrons. The third-order valence-electron chi connectivity index (χ3n) is 4.52. The van der Waals surface area contributed by atoms with E-state index in [1.54, 1.807) is 12.1 Å². The van der Waals surface area contributed by atoms with Gasteiger partial charge in [-0.05, 0) is 66.9 Å². The number of aryl methyl sites for hydroxylation is 1. The minimum atomic E-state index is -0.553. The van der Waals surface area contributed by atoms with Gasteiger partial charge in [0.15, 0.2) is 0 Å². The lowest BCUT2D eigenvalue weighted by molar-refractivity contribution is 0.0290. The number of rotatable bonds is 3. The molecular weight excluding hydrogens is 273 g/mol. The summed E-state index contributed by atoms with van der Waals surface area (Å²) in [5.74, 6) is 1.95. The van der Waals surface area contributed by atoms with Crippen molar-refractivity contribution >= 4 is 11.8 Å². The van der Waals surface area contributed by atoms with Gasteiger partial charge in [-0.1, -0.05) is 6.07 Å². The summed E-state index contributed by atoms with van der Waals surface area (Å²) in [5, 5.41) is 14.1. The summed E-state index contributed by atoms with van der Waals surface area (Å²) in [5.41, 5.74) is 1.79. The lowest BCUT2D eigenvalue weighted by Gasteiger charge is -2.35. The number of thioether (sulfide) groups is 1. The maximum Gasteiger partial charge on any atom is 0.123 e. The van der Waals surface area contributed by atoms with Gasteiger partial charge in [0.05, 0.1) is 5.60 Å². The first-order valence-corrected chi connectivity index (χ1v) is 8.64. The first kappa shape index (κ1) is 14.4. The smallest absolute Gasteiger partial charge is 0.123 e. The molecule has 1 heterocycles. The monoisotopic (exact) mass is 295 g/mol. The van der Waals surface area contributed by atoms with Crippen molar-refractivity contribution in [3.8, 4) is 0 Å². The number of benzene rings is 1. The van der Waals surface area contributed by atoms with E-state index in [1.165, 1.54) is 5.56 Å². The van der Waals surface area contributed by atoms with Crippen LogP contribution in [-0.2, 0) is 6.42 Å². The molecule has 0 amide bonds. The molecule has 0 spiro atoms. The summed E-state index contributed by atoms with van der Waals surface area (Å²) in [6.45, 7) is 0.648. The van der Waals surface area contributed by atoms with E-state index in [1.807, 2.05) is 17.8 Å². The number of aliphatic hydroxyl groups is 1. The summed E-state index contributed by atoms with van der Waals surface area (Å²) in [4.78, 5) is 0. The van der Waals surface area contributed by atoms with Crippen LogP contribution in [0.15, 0.2) is 18.2 Å². The van der Waals surface area contributed by atoms with E-state index in [9.17, 15) is 9.50 Å². The van der Waals surface area contributed by atoms with Crippen molar-refractivity contribution in [2.75, 3.05) is 18.1 Å². The normalized spacial score (nSPS) is 25.2. The molecule has 110 valence electrons. The van der Waals surface area contributed by atoms with E-state index in [0.29, 0.717) is 6.54 Å². The highest BCUT2D eigenvalue weighted by molar-refractivity contribution is 7.99. The van der Waals surface area contributed by atoms with Crippen LogP contribution < -0.4 is 5.32 Å². The van der Waals surface area contributed by atoms with Gasteiger partial charge in [0, 0.05) is 12.6 Å². The summed E-state index contributed by atoms with van der Waals surface area (Å²) in [6, 6.07) is 5.38. The third-order valence-corrected chi connectivity index (χ3v) is 5.51. The van der Waals surface area contributed by atoms with Gasteiger partial charge in [-0.25, -0.2) is 4.39 Å². The number of nitrogens with one attached hydrogen (secondary N) is 1. The minimum Gasteiger partial charge on any atom is -0.389 e. The topological polar surface area (TPSA) is 32.3 Å². The number of halogens is 1. The van der Waals surface area contributed by atoms with Gasteiger partial charge in [-0.15, -0.1) is 0 Å². The fourth-order valence-electron chi connectivity index (χ4n) is 3.24.